The predicted molar refractivity (Wildman–Crippen MR) is 96.9 cm³/mol. The Morgan fingerprint density at radius 1 is 1.19 bits per heavy atom. The van der Waals surface area contributed by atoms with Crippen molar-refractivity contribution in [1.29, 1.82) is 0 Å². The highest BCUT2D eigenvalue weighted by molar-refractivity contribution is 6.02. The van der Waals surface area contributed by atoms with Crippen LogP contribution in [-0.4, -0.2) is 17.5 Å². The van der Waals surface area contributed by atoms with Gasteiger partial charge >= 0.3 is 5.97 Å². The van der Waals surface area contributed by atoms with Crippen LogP contribution in [0.4, 0.5) is 0 Å². The van der Waals surface area contributed by atoms with E-state index < -0.39 is 5.41 Å². The van der Waals surface area contributed by atoms with E-state index in [1.54, 1.807) is 6.08 Å². The molecule has 0 aromatic rings. The summed E-state index contributed by atoms with van der Waals surface area (Å²) < 4.78 is 5.56. The number of Topliss-reactive ketones (excluding diaryl/α,β-unsaturated/α-hetero) is 1. The molecular formula is C22H28O4. The highest BCUT2D eigenvalue weighted by Crippen LogP contribution is 2.66. The first-order valence-electron chi connectivity index (χ1n) is 9.87. The number of carbonyl (C=O) groups excluding carboxylic acids is 3. The van der Waals surface area contributed by atoms with E-state index in [0.29, 0.717) is 41.6 Å². The summed E-state index contributed by atoms with van der Waals surface area (Å²) in [5.41, 5.74) is 0.492. The predicted octanol–water partition coefficient (Wildman–Crippen LogP) is 4.00. The van der Waals surface area contributed by atoms with Crippen LogP contribution >= 0.6 is 0 Å². The number of ether oxygens (including phenoxy) is 1. The summed E-state index contributed by atoms with van der Waals surface area (Å²) in [7, 11) is 0. The standard InChI is InChI=1S/C22H28O4/c1-12-9-18(25)21(3)8-7-17-16(20(12)21)6-5-14-10-15(24)11-19(22(14,17)4)26-13(2)23/h10-12,16-17,20H,5-9H2,1-4H3/t12?,16-,17+,20+,21-,22+/m1/s1. The van der Waals surface area contributed by atoms with Gasteiger partial charge in [-0.1, -0.05) is 19.4 Å². The summed E-state index contributed by atoms with van der Waals surface area (Å²) in [5.74, 6) is 2.02. The van der Waals surface area contributed by atoms with E-state index in [1.165, 1.54) is 13.0 Å². The van der Waals surface area contributed by atoms with Gasteiger partial charge in [0.25, 0.3) is 0 Å². The smallest absolute Gasteiger partial charge is 0.307 e. The number of rotatable bonds is 1. The second kappa shape index (κ2) is 5.64. The van der Waals surface area contributed by atoms with Crippen LogP contribution in [-0.2, 0) is 19.1 Å². The molecule has 6 atom stereocenters. The Morgan fingerprint density at radius 3 is 2.62 bits per heavy atom. The van der Waals surface area contributed by atoms with Gasteiger partial charge in [-0.2, -0.15) is 0 Å². The molecule has 4 rings (SSSR count). The molecule has 0 spiro atoms. The van der Waals surface area contributed by atoms with Gasteiger partial charge in [0, 0.05) is 24.8 Å². The van der Waals surface area contributed by atoms with Crippen molar-refractivity contribution in [3.63, 3.8) is 0 Å². The maximum atomic E-state index is 12.7. The summed E-state index contributed by atoms with van der Waals surface area (Å²) in [6.45, 7) is 7.92. The van der Waals surface area contributed by atoms with Crippen LogP contribution in [0.1, 0.15) is 59.8 Å². The van der Waals surface area contributed by atoms with Crippen molar-refractivity contribution >= 4 is 17.5 Å². The van der Waals surface area contributed by atoms with Crippen LogP contribution in [0.15, 0.2) is 23.5 Å². The number of carbonyl (C=O) groups is 3. The van der Waals surface area contributed by atoms with Crippen molar-refractivity contribution in [3.8, 4) is 0 Å². The van der Waals surface area contributed by atoms with E-state index in [4.69, 9.17) is 4.74 Å². The summed E-state index contributed by atoms with van der Waals surface area (Å²) in [6, 6.07) is 0. The number of hydrogen-bond acceptors (Lipinski definition) is 4. The Balaban J connectivity index is 1.77. The molecule has 4 heteroatoms. The topological polar surface area (TPSA) is 60.4 Å². The quantitative estimate of drug-likeness (QED) is 0.666. The lowest BCUT2D eigenvalue weighted by atomic mass is 9.47. The molecule has 4 aliphatic carbocycles. The molecular weight excluding hydrogens is 328 g/mol. The molecule has 0 N–H and O–H groups in total. The number of allylic oxidation sites excluding steroid dienone is 3. The Hall–Kier alpha value is -1.71. The summed E-state index contributed by atoms with van der Waals surface area (Å²) in [5, 5.41) is 0. The molecule has 4 nitrogen and oxygen atoms in total. The van der Waals surface area contributed by atoms with E-state index in [1.807, 2.05) is 0 Å². The number of hydrogen-bond donors (Lipinski definition) is 0. The van der Waals surface area contributed by atoms with Crippen molar-refractivity contribution in [2.75, 3.05) is 0 Å². The molecule has 26 heavy (non-hydrogen) atoms. The lowest BCUT2D eigenvalue weighted by Crippen LogP contribution is -2.52. The van der Waals surface area contributed by atoms with Crippen LogP contribution in [0.5, 0.6) is 0 Å². The van der Waals surface area contributed by atoms with Crippen LogP contribution in [0.25, 0.3) is 0 Å². The van der Waals surface area contributed by atoms with Crippen molar-refractivity contribution in [3.05, 3.63) is 23.5 Å². The van der Waals surface area contributed by atoms with Crippen LogP contribution in [0.2, 0.25) is 0 Å². The fraction of sp³-hybridized carbons (Fsp3) is 0.682. The summed E-state index contributed by atoms with van der Waals surface area (Å²) in [4.78, 5) is 36.5. The lowest BCUT2D eigenvalue weighted by Gasteiger charge is -2.57. The normalized spacial score (nSPS) is 44.5. The largest absolute Gasteiger partial charge is 0.430 e. The van der Waals surface area contributed by atoms with Gasteiger partial charge < -0.3 is 4.74 Å². The third kappa shape index (κ3) is 2.23. The number of esters is 1. The Morgan fingerprint density at radius 2 is 1.92 bits per heavy atom. The highest BCUT2D eigenvalue weighted by atomic mass is 16.5. The average Bonchev–Trinajstić information content (AvgIpc) is 2.78. The van der Waals surface area contributed by atoms with Crippen LogP contribution in [0, 0.1) is 34.5 Å². The monoisotopic (exact) mass is 356 g/mol. The molecule has 0 amide bonds. The summed E-state index contributed by atoms with van der Waals surface area (Å²) >= 11 is 0. The fourth-order valence-electron chi connectivity index (χ4n) is 6.85. The zero-order chi connectivity index (χ0) is 18.9. The molecule has 0 aliphatic heterocycles. The fourth-order valence-corrected chi connectivity index (χ4v) is 6.85. The molecule has 0 radical (unpaired) electrons. The van der Waals surface area contributed by atoms with Gasteiger partial charge in [0.05, 0.1) is 5.41 Å². The van der Waals surface area contributed by atoms with Gasteiger partial charge in [-0.3, -0.25) is 14.4 Å². The third-order valence-electron chi connectivity index (χ3n) is 7.96. The molecule has 3 fully saturated rings. The minimum Gasteiger partial charge on any atom is -0.430 e. The van der Waals surface area contributed by atoms with Gasteiger partial charge in [-0.05, 0) is 62.4 Å². The Bertz CT molecular complexity index is 760. The van der Waals surface area contributed by atoms with Crippen molar-refractivity contribution in [2.24, 2.45) is 34.5 Å². The van der Waals surface area contributed by atoms with E-state index in [0.717, 1.165) is 31.3 Å². The second-order valence-electron chi connectivity index (χ2n) is 9.27. The molecule has 1 unspecified atom stereocenters. The van der Waals surface area contributed by atoms with Gasteiger partial charge in [-0.25, -0.2) is 0 Å². The molecule has 3 saturated carbocycles. The van der Waals surface area contributed by atoms with Gasteiger partial charge in [0.15, 0.2) is 5.78 Å². The molecule has 0 aromatic heterocycles. The van der Waals surface area contributed by atoms with Gasteiger partial charge in [0.1, 0.15) is 11.5 Å². The molecule has 0 bridgehead atoms. The average molecular weight is 356 g/mol. The third-order valence-corrected chi connectivity index (χ3v) is 7.96. The number of ketones is 2. The second-order valence-corrected chi connectivity index (χ2v) is 9.27. The van der Waals surface area contributed by atoms with Gasteiger partial charge in [-0.15, -0.1) is 0 Å². The number of fused-ring (bicyclic) bond motifs is 5. The first-order chi connectivity index (χ1) is 12.2. The zero-order valence-corrected chi connectivity index (χ0v) is 16.1. The van der Waals surface area contributed by atoms with Crippen LogP contribution in [0.3, 0.4) is 0 Å². The van der Waals surface area contributed by atoms with E-state index in [2.05, 4.69) is 20.8 Å². The van der Waals surface area contributed by atoms with E-state index in [9.17, 15) is 14.4 Å². The van der Waals surface area contributed by atoms with Gasteiger partial charge in [0.2, 0.25) is 0 Å². The SMILES string of the molecule is CC(=O)OC1=CC(=O)C=C2CC[C@@H]3[C@H](CC[C@]4(C)C(=O)CC(C)[C@@H]34)[C@]21C. The molecule has 0 heterocycles. The molecule has 4 aliphatic rings. The molecule has 140 valence electrons. The Labute approximate surface area is 155 Å². The van der Waals surface area contributed by atoms with E-state index >= 15 is 0 Å². The maximum absolute atomic E-state index is 12.7. The highest BCUT2D eigenvalue weighted by Gasteiger charge is 2.62. The van der Waals surface area contributed by atoms with Crippen molar-refractivity contribution in [1.82, 2.24) is 0 Å². The minimum absolute atomic E-state index is 0.0859. The molecule has 0 aromatic carbocycles. The minimum atomic E-state index is -0.408. The summed E-state index contributed by atoms with van der Waals surface area (Å²) in [6.07, 6.45) is 7.64. The maximum Gasteiger partial charge on any atom is 0.307 e. The Kier molecular flexibility index (Phi) is 3.84. The zero-order valence-electron chi connectivity index (χ0n) is 16.1. The van der Waals surface area contributed by atoms with Crippen molar-refractivity contribution < 1.29 is 19.1 Å². The van der Waals surface area contributed by atoms with Crippen LogP contribution < -0.4 is 0 Å². The van der Waals surface area contributed by atoms with E-state index in [-0.39, 0.29) is 17.2 Å². The first kappa shape index (κ1) is 17.7. The van der Waals surface area contributed by atoms with Crippen molar-refractivity contribution in [2.45, 2.75) is 59.8 Å². The molecule has 0 saturated heterocycles. The first-order valence-corrected chi connectivity index (χ1v) is 9.87. The lowest BCUT2D eigenvalue weighted by molar-refractivity contribution is -0.141.